The summed E-state index contributed by atoms with van der Waals surface area (Å²) in [5.41, 5.74) is -0.443. The van der Waals surface area contributed by atoms with Gasteiger partial charge in [0, 0.05) is 0 Å². The third-order valence-corrected chi connectivity index (χ3v) is 2.65. The number of hydrogen-bond acceptors (Lipinski definition) is 3. The first kappa shape index (κ1) is 12.6. The van der Waals surface area contributed by atoms with Crippen LogP contribution in [0.1, 0.15) is 22.5 Å². The molecule has 3 nitrogen and oxygen atoms in total. The molecule has 15 heavy (non-hydrogen) atoms. The van der Waals surface area contributed by atoms with E-state index in [-0.39, 0.29) is 20.7 Å². The molecule has 0 aliphatic rings. The fourth-order valence-electron chi connectivity index (χ4n) is 0.936. The molecule has 1 heterocycles. The number of pyridine rings is 1. The van der Waals surface area contributed by atoms with Gasteiger partial charge >= 0.3 is 0 Å². The number of alkyl halides is 2. The van der Waals surface area contributed by atoms with Crippen LogP contribution in [0.3, 0.4) is 0 Å². The van der Waals surface area contributed by atoms with Gasteiger partial charge in [-0.15, -0.1) is 0 Å². The summed E-state index contributed by atoms with van der Waals surface area (Å²) in [6.07, 6.45) is -2.67. The number of aromatic nitrogens is 1. The van der Waals surface area contributed by atoms with E-state index in [1.165, 1.54) is 7.11 Å². The highest BCUT2D eigenvalue weighted by atomic mass is 127. The number of ether oxygens (including phenoxy) is 1. The molecule has 82 valence electrons. The molecule has 0 spiro atoms. The molecule has 0 fully saturated rings. The Hall–Kier alpha value is -0.500. The summed E-state index contributed by atoms with van der Waals surface area (Å²) in [5.74, 6) is -0.0503. The van der Waals surface area contributed by atoms with Crippen molar-refractivity contribution in [2.45, 2.75) is 6.43 Å². The van der Waals surface area contributed by atoms with Crippen LogP contribution in [0, 0.1) is 3.70 Å². The maximum Gasteiger partial charge on any atom is 0.274 e. The predicted molar refractivity (Wildman–Crippen MR) is 58.6 cm³/mol. The smallest absolute Gasteiger partial charge is 0.274 e. The Balaban J connectivity index is 3.35. The lowest BCUT2D eigenvalue weighted by atomic mass is 10.2. The van der Waals surface area contributed by atoms with E-state index in [4.69, 9.17) is 16.3 Å². The second kappa shape index (κ2) is 5.02. The topological polar surface area (TPSA) is 39.2 Å². The summed E-state index contributed by atoms with van der Waals surface area (Å²) in [6, 6.07) is 1.06. The highest BCUT2D eigenvalue weighted by Crippen LogP contribution is 2.29. The fraction of sp³-hybridized carbons (Fsp3) is 0.250. The van der Waals surface area contributed by atoms with E-state index >= 15 is 0 Å². The Morgan fingerprint density at radius 2 is 2.27 bits per heavy atom. The molecule has 0 N–H and O–H groups in total. The van der Waals surface area contributed by atoms with Gasteiger partial charge in [-0.1, -0.05) is 0 Å². The fourth-order valence-corrected chi connectivity index (χ4v) is 1.70. The zero-order valence-electron chi connectivity index (χ0n) is 7.43. The van der Waals surface area contributed by atoms with Crippen LogP contribution in [0.4, 0.5) is 8.78 Å². The van der Waals surface area contributed by atoms with E-state index in [9.17, 15) is 13.6 Å². The second-order valence-corrected chi connectivity index (χ2v) is 3.86. The Morgan fingerprint density at radius 3 is 2.67 bits per heavy atom. The molecule has 0 aliphatic carbocycles. The van der Waals surface area contributed by atoms with Crippen molar-refractivity contribution in [3.63, 3.8) is 0 Å². The zero-order chi connectivity index (χ0) is 11.6. The number of rotatable bonds is 3. The van der Waals surface area contributed by atoms with Gasteiger partial charge in [0.2, 0.25) is 0 Å². The minimum absolute atomic E-state index is 0.0346. The second-order valence-electron chi connectivity index (χ2n) is 2.49. The summed E-state index contributed by atoms with van der Waals surface area (Å²) >= 11 is 6.83. The third kappa shape index (κ3) is 2.75. The first-order valence-electron chi connectivity index (χ1n) is 3.69. The van der Waals surface area contributed by atoms with E-state index in [1.807, 2.05) is 0 Å². The number of nitrogens with zero attached hydrogens (tertiary/aromatic N) is 1. The van der Waals surface area contributed by atoms with Crippen LogP contribution in [0.15, 0.2) is 6.07 Å². The van der Waals surface area contributed by atoms with Crippen molar-refractivity contribution in [2.24, 2.45) is 0 Å². The Kier molecular flexibility index (Phi) is 4.21. The molecule has 0 atom stereocenters. The molecule has 1 rings (SSSR count). The monoisotopic (exact) mass is 347 g/mol. The summed E-state index contributed by atoms with van der Waals surface area (Å²) in [7, 11) is 1.25. The van der Waals surface area contributed by atoms with Crippen LogP contribution < -0.4 is 4.74 Å². The van der Waals surface area contributed by atoms with Crippen LogP contribution in [0.25, 0.3) is 0 Å². The molecule has 0 amide bonds. The summed E-state index contributed by atoms with van der Waals surface area (Å²) in [5, 5.41) is -0.842. The van der Waals surface area contributed by atoms with Gasteiger partial charge < -0.3 is 4.74 Å². The largest absolute Gasteiger partial charge is 0.494 e. The van der Waals surface area contributed by atoms with Gasteiger partial charge in [0.15, 0.2) is 5.69 Å². The summed E-state index contributed by atoms with van der Waals surface area (Å²) < 4.78 is 29.7. The number of carbonyl (C=O) groups excluding carboxylic acids is 1. The average Bonchev–Trinajstić information content (AvgIpc) is 2.16. The van der Waals surface area contributed by atoms with Crippen LogP contribution >= 0.6 is 34.2 Å². The van der Waals surface area contributed by atoms with Gasteiger partial charge in [-0.3, -0.25) is 4.79 Å². The molecule has 0 bridgehead atoms. The number of methoxy groups -OCH3 is 1. The minimum Gasteiger partial charge on any atom is -0.494 e. The van der Waals surface area contributed by atoms with E-state index in [2.05, 4.69) is 4.98 Å². The van der Waals surface area contributed by atoms with Crippen molar-refractivity contribution in [3.8, 4) is 5.75 Å². The maximum atomic E-state index is 12.5. The predicted octanol–water partition coefficient (Wildman–Crippen LogP) is 3.01. The zero-order valence-corrected chi connectivity index (χ0v) is 10.3. The number of carbonyl (C=O) groups is 1. The van der Waals surface area contributed by atoms with Crippen molar-refractivity contribution in [1.82, 2.24) is 4.98 Å². The van der Waals surface area contributed by atoms with Crippen LogP contribution in [0.5, 0.6) is 5.75 Å². The van der Waals surface area contributed by atoms with E-state index in [1.54, 1.807) is 22.6 Å². The maximum absolute atomic E-state index is 12.5. The highest BCUT2D eigenvalue weighted by molar-refractivity contribution is 14.1. The van der Waals surface area contributed by atoms with E-state index in [0.717, 1.165) is 6.07 Å². The van der Waals surface area contributed by atoms with Gasteiger partial charge in [-0.25, -0.2) is 13.8 Å². The highest BCUT2D eigenvalue weighted by Gasteiger charge is 2.20. The van der Waals surface area contributed by atoms with Gasteiger partial charge in [0.05, 0.1) is 12.7 Å². The first-order valence-corrected chi connectivity index (χ1v) is 5.15. The lowest BCUT2D eigenvalue weighted by molar-refractivity contribution is 0.107. The van der Waals surface area contributed by atoms with Crippen molar-refractivity contribution in [1.29, 1.82) is 0 Å². The minimum atomic E-state index is -2.67. The van der Waals surface area contributed by atoms with Crippen molar-refractivity contribution < 1.29 is 18.3 Å². The van der Waals surface area contributed by atoms with Crippen molar-refractivity contribution in [3.05, 3.63) is 21.0 Å². The molecule has 1 aromatic heterocycles. The van der Waals surface area contributed by atoms with Crippen LogP contribution in [-0.4, -0.2) is 17.3 Å². The van der Waals surface area contributed by atoms with Gasteiger partial charge in [-0.05, 0) is 40.3 Å². The van der Waals surface area contributed by atoms with Crippen molar-refractivity contribution in [2.75, 3.05) is 7.11 Å². The Labute approximate surface area is 103 Å². The molecule has 0 aromatic carbocycles. The molecular formula is C8H5ClF2INO2. The molecule has 7 heteroatoms. The van der Waals surface area contributed by atoms with Gasteiger partial charge in [0.1, 0.15) is 9.45 Å². The standard InChI is InChI=1S/C8H5ClF2INO2/c1-15-4-2-3(7(10)11)8(12)13-5(4)6(9)14/h2,7H,1H3. The van der Waals surface area contributed by atoms with E-state index < -0.39 is 11.7 Å². The Morgan fingerprint density at radius 1 is 1.67 bits per heavy atom. The molecular weight excluding hydrogens is 342 g/mol. The van der Waals surface area contributed by atoms with Gasteiger partial charge in [-0.2, -0.15) is 0 Å². The summed E-state index contributed by atoms with van der Waals surface area (Å²) in [6.45, 7) is 0. The lowest BCUT2D eigenvalue weighted by Crippen LogP contribution is -2.04. The average molecular weight is 347 g/mol. The molecule has 0 unspecified atom stereocenters. The Bertz CT molecular complexity index is 400. The summed E-state index contributed by atoms with van der Waals surface area (Å²) in [4.78, 5) is 14.6. The molecule has 0 radical (unpaired) electrons. The molecule has 0 saturated carbocycles. The first-order chi connectivity index (χ1) is 6.97. The van der Waals surface area contributed by atoms with Crippen molar-refractivity contribution >= 4 is 39.4 Å². The third-order valence-electron chi connectivity index (χ3n) is 1.61. The molecule has 1 aromatic rings. The lowest BCUT2D eigenvalue weighted by Gasteiger charge is -2.08. The molecule has 0 saturated heterocycles. The SMILES string of the molecule is COc1cc(C(F)F)c(I)nc1C(=O)Cl. The number of hydrogen-bond donors (Lipinski definition) is 0. The number of halogens is 4. The quantitative estimate of drug-likeness (QED) is 0.479. The van der Waals surface area contributed by atoms with E-state index in [0.29, 0.717) is 0 Å². The molecule has 0 aliphatic heterocycles. The van der Waals surface area contributed by atoms with Crippen LogP contribution in [-0.2, 0) is 0 Å². The van der Waals surface area contributed by atoms with Crippen LogP contribution in [0.2, 0.25) is 0 Å². The van der Waals surface area contributed by atoms with Gasteiger partial charge in [0.25, 0.3) is 11.7 Å². The normalized spacial score (nSPS) is 10.5.